The van der Waals surface area contributed by atoms with E-state index in [0.717, 1.165) is 22.1 Å². The zero-order chi connectivity index (χ0) is 30.3. The van der Waals surface area contributed by atoms with Crippen molar-refractivity contribution in [1.29, 1.82) is 0 Å². The van der Waals surface area contributed by atoms with E-state index in [1.54, 1.807) is 0 Å². The number of methoxy groups -OCH3 is 1. The molecule has 2 rings (SSSR count). The van der Waals surface area contributed by atoms with Gasteiger partial charge in [-0.15, -0.1) is 11.8 Å². The number of halogens is 3. The van der Waals surface area contributed by atoms with Crippen molar-refractivity contribution in [2.24, 2.45) is 0 Å². The third kappa shape index (κ3) is 9.26. The summed E-state index contributed by atoms with van der Waals surface area (Å²) >= 11 is 19.6. The van der Waals surface area contributed by atoms with Crippen LogP contribution >= 0.6 is 46.6 Å². The van der Waals surface area contributed by atoms with Gasteiger partial charge >= 0.3 is 6.09 Å². The highest BCUT2D eigenvalue weighted by Crippen LogP contribution is 2.37. The van der Waals surface area contributed by atoms with Gasteiger partial charge in [-0.3, -0.25) is 4.79 Å². The second-order valence-electron chi connectivity index (χ2n) is 9.33. The summed E-state index contributed by atoms with van der Waals surface area (Å²) in [5, 5.41) is 13.2. The average Bonchev–Trinajstić information content (AvgIpc) is 2.87. The van der Waals surface area contributed by atoms with Crippen molar-refractivity contribution in [3.05, 3.63) is 33.4 Å². The van der Waals surface area contributed by atoms with Gasteiger partial charge in [0.15, 0.2) is 5.15 Å². The van der Waals surface area contributed by atoms with E-state index in [1.165, 1.54) is 32.4 Å². The average molecular weight is 675 g/mol. The van der Waals surface area contributed by atoms with Gasteiger partial charge in [-0.1, -0.05) is 60.5 Å². The molecule has 1 atom stereocenters. The molecule has 0 aliphatic heterocycles. The van der Waals surface area contributed by atoms with Crippen molar-refractivity contribution in [2.45, 2.75) is 41.6 Å². The quantitative estimate of drug-likeness (QED) is 0.113. The predicted octanol–water partition coefficient (Wildman–Crippen LogP) is 4.43. The number of thioether (sulfide) groups is 1. The molecule has 1 heterocycles. The van der Waals surface area contributed by atoms with Crippen LogP contribution in [0.3, 0.4) is 0 Å². The number of hydrogen-bond donors (Lipinski definition) is 3. The molecule has 0 spiro atoms. The molecule has 1 aromatic heterocycles. The molecule has 0 fully saturated rings. The van der Waals surface area contributed by atoms with E-state index >= 15 is 0 Å². The number of likely N-dealkylation sites (N-methyl/N-ethyl adjacent to an activating group) is 1. The van der Waals surface area contributed by atoms with Crippen LogP contribution in [0.4, 0.5) is 10.6 Å². The summed E-state index contributed by atoms with van der Waals surface area (Å²) in [4.78, 5) is 31.4. The molecule has 0 saturated carbocycles. The number of nitrogens with one attached hydrogen (secondary N) is 2. The molecule has 0 aliphatic carbocycles. The molecule has 1 aromatic carbocycles. The number of rotatable bonds is 14. The zero-order valence-corrected chi connectivity index (χ0v) is 27.2. The number of nitrogens with zero attached hydrogens (tertiary/aromatic N) is 3. The van der Waals surface area contributed by atoms with Gasteiger partial charge in [0.1, 0.15) is 22.7 Å². The molecular weight excluding hydrogens is 645 g/mol. The van der Waals surface area contributed by atoms with E-state index in [1.807, 2.05) is 0 Å². The van der Waals surface area contributed by atoms with Crippen molar-refractivity contribution in [3.63, 3.8) is 0 Å². The number of carboxylic acid groups (broad SMARTS) is 1. The van der Waals surface area contributed by atoms with E-state index in [2.05, 4.69) is 40.2 Å². The largest absolute Gasteiger partial charge is 0.478 e. The molecule has 0 aliphatic rings. The molecule has 3 N–H and O–H groups in total. The van der Waals surface area contributed by atoms with Gasteiger partial charge in [0.2, 0.25) is 11.7 Å². The Balaban J connectivity index is 2.52. The third-order valence-electron chi connectivity index (χ3n) is 5.14. The van der Waals surface area contributed by atoms with Crippen LogP contribution in [0.1, 0.15) is 0 Å². The van der Waals surface area contributed by atoms with Crippen molar-refractivity contribution in [1.82, 2.24) is 20.6 Å². The summed E-state index contributed by atoms with van der Waals surface area (Å²) in [5.41, 5.74) is 0. The molecule has 18 heteroatoms. The standard InChI is InChI=1S/C22H30Cl3N5O7S2Si/c1-26-19(31)14(27-22(32)33)11-38-21-17(25)28-18(20(29-21)36-2)30(12-37-9-10-40(3,4)5)39(34,35)15-8-6-7-13(23)16(15)24/h6-8,14,27H,9-12H2,1-5H3,(H,26,31)(H,32,33)/t14-/m0/s1. The van der Waals surface area contributed by atoms with Crippen LogP contribution in [0.25, 0.3) is 0 Å². The Labute approximate surface area is 253 Å². The lowest BCUT2D eigenvalue weighted by Gasteiger charge is -2.26. The smallest absolute Gasteiger partial charge is 0.405 e. The minimum atomic E-state index is -4.41. The minimum absolute atomic E-state index is 0.0332. The number of hydrogen-bond acceptors (Lipinski definition) is 9. The first-order valence-electron chi connectivity index (χ1n) is 11.6. The second kappa shape index (κ2) is 14.7. The van der Waals surface area contributed by atoms with Crippen LogP contribution in [0.2, 0.25) is 40.9 Å². The molecular formula is C22H30Cl3N5O7S2Si. The molecule has 0 unspecified atom stereocenters. The summed E-state index contributed by atoms with van der Waals surface area (Å²) in [7, 11) is -3.27. The van der Waals surface area contributed by atoms with E-state index in [9.17, 15) is 18.0 Å². The van der Waals surface area contributed by atoms with Gasteiger partial charge in [0.05, 0.1) is 17.2 Å². The maximum atomic E-state index is 13.8. The molecule has 2 amide bonds. The Hall–Kier alpha value is -2.01. The van der Waals surface area contributed by atoms with Crippen molar-refractivity contribution in [2.75, 3.05) is 37.6 Å². The fourth-order valence-corrected chi connectivity index (χ4v) is 6.96. The highest BCUT2D eigenvalue weighted by molar-refractivity contribution is 7.99. The summed E-state index contributed by atoms with van der Waals surface area (Å²) < 4.78 is 39.6. The van der Waals surface area contributed by atoms with Crippen LogP contribution in [-0.2, 0) is 19.6 Å². The van der Waals surface area contributed by atoms with Crippen molar-refractivity contribution in [3.8, 4) is 5.88 Å². The number of ether oxygens (including phenoxy) is 2. The van der Waals surface area contributed by atoms with E-state index < -0.39 is 42.9 Å². The van der Waals surface area contributed by atoms with Crippen molar-refractivity contribution < 1.29 is 32.6 Å². The topological polar surface area (TPSA) is 160 Å². The molecule has 0 saturated heterocycles. The van der Waals surface area contributed by atoms with E-state index in [-0.39, 0.29) is 42.6 Å². The molecule has 40 heavy (non-hydrogen) atoms. The lowest BCUT2D eigenvalue weighted by atomic mass is 10.3. The lowest BCUT2D eigenvalue weighted by molar-refractivity contribution is -0.122. The summed E-state index contributed by atoms with van der Waals surface area (Å²) in [6.07, 6.45) is -1.39. The predicted molar refractivity (Wildman–Crippen MR) is 158 cm³/mol. The van der Waals surface area contributed by atoms with Gasteiger partial charge in [0.25, 0.3) is 15.9 Å². The van der Waals surface area contributed by atoms with Crippen LogP contribution < -0.4 is 19.7 Å². The molecule has 0 radical (unpaired) electrons. The van der Waals surface area contributed by atoms with Crippen LogP contribution in [0.15, 0.2) is 28.1 Å². The monoisotopic (exact) mass is 673 g/mol. The number of aromatic nitrogens is 2. The maximum absolute atomic E-state index is 13.8. The van der Waals surface area contributed by atoms with Gasteiger partial charge in [-0.05, 0) is 18.2 Å². The summed E-state index contributed by atoms with van der Waals surface area (Å²) in [6, 6.07) is 3.83. The molecule has 12 nitrogen and oxygen atoms in total. The number of carbonyl (C=O) groups excluding carboxylic acids is 1. The Morgan fingerprint density at radius 1 is 1.20 bits per heavy atom. The first-order valence-corrected chi connectivity index (χ1v) is 18.9. The molecule has 0 bridgehead atoms. The number of sulfonamides is 1. The summed E-state index contributed by atoms with van der Waals surface area (Å²) in [6.45, 7) is 6.30. The highest BCUT2D eigenvalue weighted by Gasteiger charge is 2.33. The Morgan fingerprint density at radius 2 is 1.88 bits per heavy atom. The Bertz CT molecular complexity index is 1330. The van der Waals surface area contributed by atoms with Crippen LogP contribution in [-0.4, -0.2) is 82.9 Å². The fourth-order valence-electron chi connectivity index (χ4n) is 3.01. The zero-order valence-electron chi connectivity index (χ0n) is 22.3. The van der Waals surface area contributed by atoms with Crippen LogP contribution in [0.5, 0.6) is 5.88 Å². The van der Waals surface area contributed by atoms with Crippen molar-refractivity contribution >= 4 is 82.5 Å². The number of amides is 2. The van der Waals surface area contributed by atoms with Gasteiger partial charge in [-0.2, -0.15) is 0 Å². The number of anilines is 1. The third-order valence-corrected chi connectivity index (χ3v) is 11.0. The minimum Gasteiger partial charge on any atom is -0.478 e. The lowest BCUT2D eigenvalue weighted by Crippen LogP contribution is -2.46. The Kier molecular flexibility index (Phi) is 12.6. The van der Waals surface area contributed by atoms with Crippen LogP contribution in [0, 0.1) is 0 Å². The van der Waals surface area contributed by atoms with Gasteiger partial charge in [-0.25, -0.2) is 27.5 Å². The summed E-state index contributed by atoms with van der Waals surface area (Å²) in [5.74, 6) is -1.16. The molecule has 222 valence electrons. The van der Waals surface area contributed by atoms with E-state index in [4.69, 9.17) is 49.4 Å². The van der Waals surface area contributed by atoms with Gasteiger partial charge < -0.3 is 25.2 Å². The first kappa shape index (κ1) is 34.2. The maximum Gasteiger partial charge on any atom is 0.405 e. The first-order chi connectivity index (χ1) is 18.6. The normalized spacial score (nSPS) is 12.5. The highest BCUT2D eigenvalue weighted by atomic mass is 35.5. The van der Waals surface area contributed by atoms with E-state index in [0.29, 0.717) is 6.61 Å². The Morgan fingerprint density at radius 3 is 2.45 bits per heavy atom. The number of benzene rings is 1. The number of carbonyl (C=O) groups is 2. The molecule has 2 aromatic rings. The van der Waals surface area contributed by atoms with Gasteiger partial charge in [0, 0.05) is 27.5 Å². The SMILES string of the molecule is CNC(=O)[C@H](CSc1nc(OC)c(N(COCC[Si](C)(C)C)S(=O)(=O)c2cccc(Cl)c2Cl)nc1Cl)NC(=O)O. The fraction of sp³-hybridized carbons (Fsp3) is 0.455. The second-order valence-corrected chi connectivity index (χ2v) is 18.9.